The lowest BCUT2D eigenvalue weighted by atomic mass is 10.2. The van der Waals surface area contributed by atoms with Crippen LogP contribution in [0.1, 0.15) is 11.3 Å². The molecule has 0 N–H and O–H groups in total. The van der Waals surface area contributed by atoms with Crippen molar-refractivity contribution in [1.82, 2.24) is 4.98 Å². The molecule has 2 nitrogen and oxygen atoms in total. The molecule has 0 spiro atoms. The summed E-state index contributed by atoms with van der Waals surface area (Å²) < 4.78 is 0.928. The number of rotatable bonds is 2. The summed E-state index contributed by atoms with van der Waals surface area (Å²) in [4.78, 5) is 4.35. The van der Waals surface area contributed by atoms with Gasteiger partial charge in [-0.05, 0) is 18.6 Å². The minimum atomic E-state index is 0. The molecule has 0 amide bonds. The highest BCUT2D eigenvalue weighted by Crippen LogP contribution is 2.08. The molecule has 1 aromatic heterocycles. The molecule has 3 heteroatoms. The lowest BCUT2D eigenvalue weighted by Gasteiger charge is -2.23. The first-order valence-corrected chi connectivity index (χ1v) is 4.20. The van der Waals surface area contributed by atoms with Gasteiger partial charge in [0.05, 0.1) is 26.8 Å². The zero-order chi connectivity index (χ0) is 9.19. The second-order valence-electron chi connectivity index (χ2n) is 4.22. The quantitative estimate of drug-likeness (QED) is 0.584. The molecule has 0 aliphatic rings. The van der Waals surface area contributed by atoms with Gasteiger partial charge in [-0.3, -0.25) is 4.98 Å². The summed E-state index contributed by atoms with van der Waals surface area (Å²) in [7, 11) is 6.52. The van der Waals surface area contributed by atoms with Crippen LogP contribution in [0.5, 0.6) is 0 Å². The van der Waals surface area contributed by atoms with Crippen molar-refractivity contribution in [3.63, 3.8) is 0 Å². The smallest absolute Gasteiger partial charge is 0.121 e. The molecular weight excluding hydrogens is 228 g/mol. The third-order valence-corrected chi connectivity index (χ3v) is 1.74. The van der Waals surface area contributed by atoms with Crippen LogP contribution in [0.4, 0.5) is 0 Å². The number of aryl methyl sites for hydroxylation is 1. The molecule has 1 aromatic rings. The number of pyridine rings is 1. The van der Waals surface area contributed by atoms with Crippen molar-refractivity contribution in [2.24, 2.45) is 0 Å². The molecule has 1 heterocycles. The topological polar surface area (TPSA) is 12.9 Å². The van der Waals surface area contributed by atoms with Crippen LogP contribution in [0.25, 0.3) is 0 Å². The maximum absolute atomic E-state index is 4.35. The minimum absolute atomic E-state index is 0. The van der Waals surface area contributed by atoms with Crippen LogP contribution in [-0.4, -0.2) is 30.6 Å². The molecule has 0 aromatic carbocycles. The Morgan fingerprint density at radius 1 is 1.31 bits per heavy atom. The average Bonchev–Trinajstić information content (AvgIpc) is 1.91. The molecular formula is C10H17BrN2. The molecule has 74 valence electrons. The molecule has 1 rings (SSSR count). The van der Waals surface area contributed by atoms with Gasteiger partial charge >= 0.3 is 0 Å². The first-order valence-electron chi connectivity index (χ1n) is 4.20. The average molecular weight is 245 g/mol. The number of hydrogen-bond donors (Lipinski definition) is 0. The Kier molecular flexibility index (Phi) is 4.57. The molecule has 0 saturated heterocycles. The minimum Gasteiger partial charge on any atom is -1.00 e. The summed E-state index contributed by atoms with van der Waals surface area (Å²) in [5.74, 6) is 0. The Hall–Kier alpha value is -0.410. The van der Waals surface area contributed by atoms with E-state index in [1.807, 2.05) is 12.3 Å². The molecule has 0 aliphatic heterocycles. The number of nitrogens with zero attached hydrogens (tertiary/aromatic N) is 2. The van der Waals surface area contributed by atoms with E-state index in [0.717, 1.165) is 11.0 Å². The van der Waals surface area contributed by atoms with Crippen molar-refractivity contribution >= 4 is 0 Å². The predicted molar refractivity (Wildman–Crippen MR) is 50.7 cm³/mol. The van der Waals surface area contributed by atoms with Gasteiger partial charge in [0, 0.05) is 6.20 Å². The van der Waals surface area contributed by atoms with Gasteiger partial charge in [-0.15, -0.1) is 0 Å². The number of hydrogen-bond acceptors (Lipinski definition) is 1. The summed E-state index contributed by atoms with van der Waals surface area (Å²) in [5, 5.41) is 0. The summed E-state index contributed by atoms with van der Waals surface area (Å²) in [5.41, 5.74) is 2.48. The van der Waals surface area contributed by atoms with E-state index in [4.69, 9.17) is 0 Å². The Labute approximate surface area is 91.0 Å². The Bertz CT molecular complexity index is 266. The zero-order valence-electron chi connectivity index (χ0n) is 8.71. The maximum atomic E-state index is 4.35. The molecule has 0 unspecified atom stereocenters. The molecule has 0 aliphatic carbocycles. The van der Waals surface area contributed by atoms with Gasteiger partial charge in [0.2, 0.25) is 0 Å². The summed E-state index contributed by atoms with van der Waals surface area (Å²) in [6, 6.07) is 4.09. The largest absolute Gasteiger partial charge is 1.00 e. The Morgan fingerprint density at radius 2 is 1.92 bits per heavy atom. The van der Waals surface area contributed by atoms with Crippen LogP contribution < -0.4 is 17.0 Å². The van der Waals surface area contributed by atoms with Crippen LogP contribution in [0.3, 0.4) is 0 Å². The van der Waals surface area contributed by atoms with E-state index in [2.05, 4.69) is 39.1 Å². The maximum Gasteiger partial charge on any atom is 0.121 e. The lowest BCUT2D eigenvalue weighted by Crippen LogP contribution is -3.00. The second kappa shape index (κ2) is 4.72. The molecule has 0 bridgehead atoms. The van der Waals surface area contributed by atoms with Gasteiger partial charge in [-0.1, -0.05) is 6.07 Å². The highest BCUT2D eigenvalue weighted by atomic mass is 79.9. The summed E-state index contributed by atoms with van der Waals surface area (Å²) in [6.45, 7) is 3.10. The van der Waals surface area contributed by atoms with E-state index in [1.54, 1.807) is 0 Å². The third-order valence-electron chi connectivity index (χ3n) is 1.74. The van der Waals surface area contributed by atoms with E-state index in [0.29, 0.717) is 0 Å². The summed E-state index contributed by atoms with van der Waals surface area (Å²) in [6.07, 6.45) is 1.86. The first kappa shape index (κ1) is 12.6. The van der Waals surface area contributed by atoms with Crippen LogP contribution >= 0.6 is 0 Å². The van der Waals surface area contributed by atoms with Crippen LogP contribution in [0.2, 0.25) is 0 Å². The van der Waals surface area contributed by atoms with Crippen LogP contribution in [-0.2, 0) is 6.54 Å². The highest BCUT2D eigenvalue weighted by molar-refractivity contribution is 5.16. The normalized spacial score (nSPS) is 10.8. The van der Waals surface area contributed by atoms with Gasteiger partial charge < -0.3 is 21.5 Å². The van der Waals surface area contributed by atoms with Crippen molar-refractivity contribution in [1.29, 1.82) is 0 Å². The number of halogens is 1. The fourth-order valence-corrected chi connectivity index (χ4v) is 1.13. The van der Waals surface area contributed by atoms with E-state index in [9.17, 15) is 0 Å². The van der Waals surface area contributed by atoms with Crippen molar-refractivity contribution in [2.75, 3.05) is 21.1 Å². The van der Waals surface area contributed by atoms with E-state index < -0.39 is 0 Å². The Morgan fingerprint density at radius 3 is 2.38 bits per heavy atom. The lowest BCUT2D eigenvalue weighted by molar-refractivity contribution is -0.884. The van der Waals surface area contributed by atoms with Crippen LogP contribution in [0, 0.1) is 6.92 Å². The Balaban J connectivity index is 0.00000144. The van der Waals surface area contributed by atoms with E-state index >= 15 is 0 Å². The van der Waals surface area contributed by atoms with Crippen molar-refractivity contribution in [3.8, 4) is 0 Å². The standard InChI is InChI=1S/C10H17N2.BrH/c1-9-6-5-7-11-10(9)8-12(2,3)4;/h5-7H,8H2,1-4H3;1H/q+1;/p-1. The van der Waals surface area contributed by atoms with Crippen LogP contribution in [0.15, 0.2) is 18.3 Å². The zero-order valence-corrected chi connectivity index (χ0v) is 10.3. The summed E-state index contributed by atoms with van der Waals surface area (Å²) >= 11 is 0. The van der Waals surface area contributed by atoms with Gasteiger partial charge in [-0.2, -0.15) is 0 Å². The predicted octanol–water partition coefficient (Wildman–Crippen LogP) is -1.40. The van der Waals surface area contributed by atoms with Crippen molar-refractivity contribution in [3.05, 3.63) is 29.6 Å². The van der Waals surface area contributed by atoms with Gasteiger partial charge in [0.25, 0.3) is 0 Å². The molecule has 13 heavy (non-hydrogen) atoms. The SMILES string of the molecule is Cc1cccnc1C[N+](C)(C)C.[Br-]. The molecule has 0 saturated carbocycles. The van der Waals surface area contributed by atoms with Gasteiger partial charge in [0.15, 0.2) is 0 Å². The molecule has 0 radical (unpaired) electrons. The first-order chi connectivity index (χ1) is 5.49. The molecule has 0 atom stereocenters. The second-order valence-corrected chi connectivity index (χ2v) is 4.22. The fourth-order valence-electron chi connectivity index (χ4n) is 1.13. The van der Waals surface area contributed by atoms with E-state index in [-0.39, 0.29) is 17.0 Å². The third kappa shape index (κ3) is 4.39. The van der Waals surface area contributed by atoms with Crippen molar-refractivity contribution in [2.45, 2.75) is 13.5 Å². The van der Waals surface area contributed by atoms with Crippen molar-refractivity contribution < 1.29 is 21.5 Å². The van der Waals surface area contributed by atoms with Gasteiger partial charge in [-0.25, -0.2) is 0 Å². The number of quaternary nitrogens is 1. The van der Waals surface area contributed by atoms with Gasteiger partial charge in [0.1, 0.15) is 6.54 Å². The number of aromatic nitrogens is 1. The fraction of sp³-hybridized carbons (Fsp3) is 0.500. The van der Waals surface area contributed by atoms with E-state index in [1.165, 1.54) is 11.3 Å². The molecule has 0 fully saturated rings. The highest BCUT2D eigenvalue weighted by Gasteiger charge is 2.10. The monoisotopic (exact) mass is 244 g/mol.